The number of imide groups is 1. The molecule has 2 heterocycles. The topological polar surface area (TPSA) is 174 Å². The fraction of sp³-hybridized carbons (Fsp3) is 0.833. The largest absolute Gasteiger partial charge is 0.349 e. The van der Waals surface area contributed by atoms with Crippen LogP contribution in [0.1, 0.15) is 133 Å². The summed E-state index contributed by atoms with van der Waals surface area (Å²) in [5, 5.41) is 11.9. The minimum absolute atomic E-state index is 0.0190. The first kappa shape index (κ1) is 41.1. The van der Waals surface area contributed by atoms with Crippen LogP contribution in [0.4, 0.5) is 4.79 Å². The van der Waals surface area contributed by atoms with Crippen molar-refractivity contribution in [2.24, 2.45) is 45.3 Å². The van der Waals surface area contributed by atoms with Gasteiger partial charge in [-0.25, -0.2) is 4.79 Å². The Morgan fingerprint density at radius 2 is 1.51 bits per heavy atom. The van der Waals surface area contributed by atoms with Crippen molar-refractivity contribution in [3.8, 4) is 0 Å². The molecule has 306 valence electrons. The zero-order valence-electron chi connectivity index (χ0n) is 34.7. The first-order chi connectivity index (χ1) is 25.5. The number of piperidine rings is 2. The number of nitrogens with one attached hydrogen (secondary N) is 4. The van der Waals surface area contributed by atoms with E-state index in [1.807, 2.05) is 48.5 Å². The average molecular weight is 767 g/mol. The summed E-state index contributed by atoms with van der Waals surface area (Å²) in [5.41, 5.74) is -3.03. The van der Waals surface area contributed by atoms with Crippen molar-refractivity contribution in [2.75, 3.05) is 19.6 Å². The molecule has 7 amide bonds. The van der Waals surface area contributed by atoms with Crippen molar-refractivity contribution >= 4 is 41.4 Å². The van der Waals surface area contributed by atoms with Crippen LogP contribution >= 0.6 is 0 Å². The Morgan fingerprint density at radius 1 is 0.891 bits per heavy atom. The molecule has 7 atom stereocenters. The number of rotatable bonds is 13. The monoisotopic (exact) mass is 766 g/mol. The molecule has 0 unspecified atom stereocenters. The van der Waals surface area contributed by atoms with E-state index >= 15 is 0 Å². The molecule has 2 saturated heterocycles. The van der Waals surface area contributed by atoms with Crippen LogP contribution in [-0.4, -0.2) is 94.4 Å². The molecule has 4 aliphatic carbocycles. The van der Waals surface area contributed by atoms with Gasteiger partial charge in [0.25, 0.3) is 5.91 Å². The lowest BCUT2D eigenvalue weighted by molar-refractivity contribution is -0.153. The molecule has 2 aliphatic heterocycles. The average Bonchev–Trinajstić information content (AvgIpc) is 4.05. The minimum Gasteiger partial charge on any atom is -0.349 e. The maximum atomic E-state index is 15.0. The van der Waals surface area contributed by atoms with E-state index in [1.165, 1.54) is 4.90 Å². The van der Waals surface area contributed by atoms with E-state index in [0.717, 1.165) is 32.1 Å². The van der Waals surface area contributed by atoms with Crippen molar-refractivity contribution < 1.29 is 33.6 Å². The number of ketones is 1. The maximum absolute atomic E-state index is 15.0. The molecule has 0 bridgehead atoms. The van der Waals surface area contributed by atoms with Crippen LogP contribution in [0, 0.1) is 45.3 Å². The number of amides is 7. The lowest BCUT2D eigenvalue weighted by Crippen LogP contribution is -2.64. The molecule has 0 aromatic rings. The summed E-state index contributed by atoms with van der Waals surface area (Å²) >= 11 is 0. The Hall–Kier alpha value is -3.51. The molecule has 6 rings (SSSR count). The molecular formula is C42H66N6O7. The highest BCUT2D eigenvalue weighted by atomic mass is 16.2. The summed E-state index contributed by atoms with van der Waals surface area (Å²) < 4.78 is 0. The van der Waals surface area contributed by atoms with Crippen molar-refractivity contribution in [1.29, 1.82) is 0 Å². The number of Topliss-reactive ketones (excluding diaryl/α,β-unsaturated/α-hetero) is 1. The Morgan fingerprint density at radius 3 is 2.05 bits per heavy atom. The summed E-state index contributed by atoms with van der Waals surface area (Å²) in [5.74, 6) is -2.38. The summed E-state index contributed by atoms with van der Waals surface area (Å²) in [7, 11) is 0. The highest BCUT2D eigenvalue weighted by Crippen LogP contribution is 2.65. The first-order valence-corrected chi connectivity index (χ1v) is 20.9. The third-order valence-electron chi connectivity index (χ3n) is 14.4. The third kappa shape index (κ3) is 8.18. The molecule has 13 nitrogen and oxygen atoms in total. The van der Waals surface area contributed by atoms with Crippen LogP contribution in [0.5, 0.6) is 0 Å². The van der Waals surface area contributed by atoms with Crippen molar-refractivity contribution in [2.45, 2.75) is 157 Å². The molecule has 55 heavy (non-hydrogen) atoms. The molecule has 6 aliphatic rings. The highest BCUT2D eigenvalue weighted by molar-refractivity contribution is 6.41. The molecule has 0 spiro atoms. The second kappa shape index (κ2) is 14.5. The van der Waals surface area contributed by atoms with E-state index in [1.54, 1.807) is 4.90 Å². The van der Waals surface area contributed by atoms with Gasteiger partial charge in [0.15, 0.2) is 0 Å². The molecule has 0 radical (unpaired) electrons. The number of carbonyl (C=O) groups excluding carboxylic acids is 7. The fourth-order valence-corrected chi connectivity index (χ4v) is 10.1. The molecule has 13 heteroatoms. The van der Waals surface area contributed by atoms with E-state index in [4.69, 9.17) is 0 Å². The van der Waals surface area contributed by atoms with E-state index in [0.29, 0.717) is 44.7 Å². The number of hydrogen-bond donors (Lipinski definition) is 4. The van der Waals surface area contributed by atoms with Gasteiger partial charge in [-0.3, -0.25) is 33.7 Å². The number of nitrogens with zero attached hydrogens (tertiary/aromatic N) is 2. The van der Waals surface area contributed by atoms with Crippen LogP contribution in [0.3, 0.4) is 0 Å². The second-order valence-corrected chi connectivity index (χ2v) is 20.7. The smallest absolute Gasteiger partial charge is 0.315 e. The van der Waals surface area contributed by atoms with Gasteiger partial charge in [-0.05, 0) is 77.4 Å². The second-order valence-electron chi connectivity index (χ2n) is 20.7. The Balaban J connectivity index is 1.22. The van der Waals surface area contributed by atoms with Gasteiger partial charge in [-0.1, -0.05) is 88.0 Å². The van der Waals surface area contributed by atoms with Crippen molar-refractivity contribution in [3.63, 3.8) is 0 Å². The van der Waals surface area contributed by atoms with Crippen LogP contribution in [0.15, 0.2) is 0 Å². The normalized spacial score (nSPS) is 31.4. The third-order valence-corrected chi connectivity index (χ3v) is 14.4. The lowest BCUT2D eigenvalue weighted by Gasteiger charge is -2.44. The molecule has 6 fully saturated rings. The van der Waals surface area contributed by atoms with Gasteiger partial charge in [-0.2, -0.15) is 0 Å². The predicted molar refractivity (Wildman–Crippen MR) is 206 cm³/mol. The summed E-state index contributed by atoms with van der Waals surface area (Å²) in [6, 6.07) is -2.97. The summed E-state index contributed by atoms with van der Waals surface area (Å²) in [6.45, 7) is 18.6. The van der Waals surface area contributed by atoms with Crippen LogP contribution in [0.2, 0.25) is 0 Å². The molecule has 4 N–H and O–H groups in total. The highest BCUT2D eigenvalue weighted by Gasteiger charge is 2.71. The Bertz CT molecular complexity index is 1590. The van der Waals surface area contributed by atoms with E-state index < -0.39 is 63.5 Å². The lowest BCUT2D eigenvalue weighted by atomic mass is 9.70. The predicted octanol–water partition coefficient (Wildman–Crippen LogP) is 4.08. The van der Waals surface area contributed by atoms with E-state index in [-0.39, 0.29) is 60.3 Å². The Kier molecular flexibility index (Phi) is 10.8. The van der Waals surface area contributed by atoms with E-state index in [9.17, 15) is 33.6 Å². The SMILES string of the molecule is CC[C@@H]1C[C@@]1(NC(=O)[C@@H]1[C@@H]2[C@H](CN1C(=O)[C@@H](NC(=O)N[C@H](CN1C(=O)CC(C)(C)CC1=O)C(C)(C)C)C1(C)CCCCC1)C2(C)C)C(=O)C(=O)NCC1CC1. The number of urea groups is 1. The molecular weight excluding hydrogens is 700 g/mol. The van der Waals surface area contributed by atoms with Gasteiger partial charge >= 0.3 is 6.03 Å². The number of hydrogen-bond acceptors (Lipinski definition) is 7. The van der Waals surface area contributed by atoms with Crippen LogP contribution in [-0.2, 0) is 28.8 Å². The van der Waals surface area contributed by atoms with Gasteiger partial charge < -0.3 is 26.2 Å². The zero-order chi connectivity index (χ0) is 40.5. The van der Waals surface area contributed by atoms with Gasteiger partial charge in [0, 0.05) is 32.5 Å². The molecule has 0 aromatic carbocycles. The van der Waals surface area contributed by atoms with Gasteiger partial charge in [0.1, 0.15) is 17.6 Å². The van der Waals surface area contributed by atoms with Gasteiger partial charge in [0.2, 0.25) is 29.4 Å². The fourth-order valence-electron chi connectivity index (χ4n) is 10.1. The maximum Gasteiger partial charge on any atom is 0.315 e. The molecule has 4 saturated carbocycles. The number of carbonyl (C=O) groups is 7. The minimum atomic E-state index is -1.28. The van der Waals surface area contributed by atoms with E-state index in [2.05, 4.69) is 35.1 Å². The van der Waals surface area contributed by atoms with Crippen LogP contribution < -0.4 is 21.3 Å². The standard InChI is InChI=1S/C42H66N6O7/c1-10-25-18-42(25,33(51)35(53)43-21-24-14-15-24)46-34(52)31-30-26(40(30,7)8)22-48(31)36(54)32(41(9)16-12-11-13-17-41)45-37(55)44-27(38(2,3)4)23-47-28(49)19-39(5,6)20-29(47)50/h24-27,30-32H,10-23H2,1-9H3,(H,43,53)(H,46,52)(H2,44,45,55)/t25-,26+,27-,30+,31+,32-,42+/m1/s1. The zero-order valence-corrected chi connectivity index (χ0v) is 34.7. The first-order valence-electron chi connectivity index (χ1n) is 20.9. The quantitative estimate of drug-likeness (QED) is 0.162. The van der Waals surface area contributed by atoms with Crippen molar-refractivity contribution in [1.82, 2.24) is 31.1 Å². The van der Waals surface area contributed by atoms with Gasteiger partial charge in [-0.15, -0.1) is 0 Å². The molecule has 0 aromatic heterocycles. The van der Waals surface area contributed by atoms with Crippen molar-refractivity contribution in [3.05, 3.63) is 0 Å². The Labute approximate surface area is 327 Å². The number of fused-ring (bicyclic) bond motifs is 1. The number of likely N-dealkylation sites (tertiary alicyclic amines) is 2. The van der Waals surface area contributed by atoms with Crippen LogP contribution in [0.25, 0.3) is 0 Å². The van der Waals surface area contributed by atoms with Gasteiger partial charge in [0.05, 0.1) is 6.04 Å². The summed E-state index contributed by atoms with van der Waals surface area (Å²) in [6.07, 6.45) is 7.81. The summed E-state index contributed by atoms with van der Waals surface area (Å²) in [4.78, 5) is 99.3.